The van der Waals surface area contributed by atoms with Crippen molar-refractivity contribution in [1.29, 1.82) is 0 Å². The number of hydrogen-bond acceptors (Lipinski definition) is 1. The van der Waals surface area contributed by atoms with E-state index >= 15 is 0 Å². The third kappa shape index (κ3) is 7.42. The predicted molar refractivity (Wildman–Crippen MR) is 81.0 cm³/mol. The van der Waals surface area contributed by atoms with Crippen molar-refractivity contribution in [2.24, 2.45) is 0 Å². The summed E-state index contributed by atoms with van der Waals surface area (Å²) in [5, 5.41) is 1.70. The fraction of sp³-hybridized carbons (Fsp3) is 0.733. The van der Waals surface area contributed by atoms with E-state index in [0.717, 1.165) is 0 Å². The minimum Gasteiger partial charge on any atom is -1.00 e. The molecule has 1 aliphatic carbocycles. The van der Waals surface area contributed by atoms with Crippen LogP contribution in [-0.2, 0) is 0 Å². The van der Waals surface area contributed by atoms with Gasteiger partial charge in [0, 0.05) is 18.6 Å². The molecule has 0 saturated heterocycles. The van der Waals surface area contributed by atoms with Gasteiger partial charge in [-0.05, 0) is 40.5 Å². The van der Waals surface area contributed by atoms with Gasteiger partial charge in [-0.2, -0.15) is 13.1 Å². The van der Waals surface area contributed by atoms with Gasteiger partial charge in [-0.3, -0.25) is 13.7 Å². The van der Waals surface area contributed by atoms with Crippen LogP contribution in [0.3, 0.4) is 0 Å². The molecule has 0 radical (unpaired) electrons. The fourth-order valence-electron chi connectivity index (χ4n) is 2.48. The van der Waals surface area contributed by atoms with E-state index in [4.69, 9.17) is 0 Å². The van der Waals surface area contributed by atoms with Gasteiger partial charge in [0.2, 0.25) is 0 Å². The Morgan fingerprint density at radius 3 is 2.05 bits per heavy atom. The van der Waals surface area contributed by atoms with E-state index in [9.17, 15) is 0 Å². The smallest absolute Gasteiger partial charge is 1.00 e. The first kappa shape index (κ1) is 22.1. The molecule has 0 fully saturated rings. The van der Waals surface area contributed by atoms with Gasteiger partial charge in [-0.1, -0.05) is 17.7 Å². The van der Waals surface area contributed by atoms with Crippen LogP contribution < -0.4 is 37.7 Å². The Balaban J connectivity index is -0.000000963. The first-order valence-corrected chi connectivity index (χ1v) is 9.37. The Morgan fingerprint density at radius 2 is 1.68 bits per heavy atom. The van der Waals surface area contributed by atoms with Gasteiger partial charge in [0.15, 0.2) is 0 Å². The second-order valence-corrected chi connectivity index (χ2v) is 8.47. The van der Waals surface area contributed by atoms with E-state index < -0.39 is 0 Å². The molecule has 0 aromatic rings. The van der Waals surface area contributed by atoms with E-state index in [-0.39, 0.29) is 47.9 Å². The van der Waals surface area contributed by atoms with Crippen LogP contribution in [-0.4, -0.2) is 32.3 Å². The molecule has 0 aromatic carbocycles. The maximum Gasteiger partial charge on any atom is 1.00 e. The second-order valence-electron chi connectivity index (χ2n) is 5.83. The summed E-state index contributed by atoms with van der Waals surface area (Å²) in [5.74, 6) is 0. The Labute approximate surface area is 147 Å². The molecule has 0 aliphatic heterocycles. The average molecular weight is 265 g/mol. The summed E-state index contributed by atoms with van der Waals surface area (Å²) >= 11 is 0. The summed E-state index contributed by atoms with van der Waals surface area (Å²) < 4.78 is 0. The maximum atomic E-state index is 2.58. The minimum absolute atomic E-state index is 0. The minimum atomic E-state index is -0.219. The zero-order chi connectivity index (χ0) is 13.0. The van der Waals surface area contributed by atoms with Gasteiger partial charge in [-0.15, -0.1) is 0 Å². The topological polar surface area (TPSA) is 3.24 Å². The first-order valence-electron chi connectivity index (χ1n) is 6.87. The second kappa shape index (κ2) is 10.6. The van der Waals surface area contributed by atoms with Crippen molar-refractivity contribution in [3.8, 4) is 0 Å². The molecule has 0 atom stereocenters. The molecule has 1 aliphatic rings. The van der Waals surface area contributed by atoms with Crippen molar-refractivity contribution in [1.82, 2.24) is 4.90 Å². The van der Waals surface area contributed by atoms with Crippen molar-refractivity contribution >= 4 is 8.80 Å². The molecule has 0 bridgehead atoms. The Morgan fingerprint density at radius 1 is 1.16 bits per heavy atom. The number of allylic oxidation sites excluding steroid dienone is 3. The molecule has 0 aromatic heterocycles. The molecular formula is C15H29Li2NSi. The molecule has 0 amide bonds. The van der Waals surface area contributed by atoms with Gasteiger partial charge >= 0.3 is 37.7 Å². The van der Waals surface area contributed by atoms with E-state index in [1.165, 1.54) is 19.4 Å². The molecule has 0 heterocycles. The first-order chi connectivity index (χ1) is 7.91. The zero-order valence-electron chi connectivity index (χ0n) is 15.4. The molecule has 19 heavy (non-hydrogen) atoms. The molecule has 0 unspecified atom stereocenters. The molecule has 0 N–H and O–H groups in total. The van der Waals surface area contributed by atoms with Gasteiger partial charge in [0.05, 0.1) is 0 Å². The average Bonchev–Trinajstić information content (AvgIpc) is 2.65. The van der Waals surface area contributed by atoms with Crippen LogP contribution in [0, 0.1) is 0 Å². The van der Waals surface area contributed by atoms with Crippen LogP contribution in [0.2, 0.25) is 13.1 Å². The summed E-state index contributed by atoms with van der Waals surface area (Å²) in [6.07, 6.45) is 7.34. The van der Waals surface area contributed by atoms with Crippen molar-refractivity contribution < 1.29 is 39.1 Å². The molecule has 1 rings (SSSR count). The molecule has 4 heteroatoms. The summed E-state index contributed by atoms with van der Waals surface area (Å²) in [5.41, 5.74) is 1.57. The Bertz CT molecular complexity index is 307. The van der Waals surface area contributed by atoms with Crippen LogP contribution in [0.4, 0.5) is 0 Å². The van der Waals surface area contributed by atoms with Crippen molar-refractivity contribution in [3.05, 3.63) is 22.9 Å². The van der Waals surface area contributed by atoms with E-state index in [1.807, 2.05) is 0 Å². The van der Waals surface area contributed by atoms with Gasteiger partial charge in [0.1, 0.15) is 0 Å². The summed E-state index contributed by atoms with van der Waals surface area (Å²) in [4.78, 5) is 2.58. The van der Waals surface area contributed by atoms with Crippen LogP contribution in [0.15, 0.2) is 22.9 Å². The fourth-order valence-corrected chi connectivity index (χ4v) is 3.46. The predicted octanol–water partition coefficient (Wildman–Crippen LogP) is -1.83. The van der Waals surface area contributed by atoms with Gasteiger partial charge in [0.25, 0.3) is 0 Å². The largest absolute Gasteiger partial charge is 1.00 e. The molecule has 100 valence electrons. The van der Waals surface area contributed by atoms with E-state index in [2.05, 4.69) is 57.8 Å². The van der Waals surface area contributed by atoms with Gasteiger partial charge < -0.3 is 1.43 Å². The SMILES string of the molecule is CC(C)N(CCC1=CCC([Si-](C)C)=C1)C(C)C.[H-].[Li+].[Li+]. The van der Waals surface area contributed by atoms with Crippen LogP contribution in [0.25, 0.3) is 0 Å². The van der Waals surface area contributed by atoms with Gasteiger partial charge in [-0.25, -0.2) is 5.20 Å². The Kier molecular flexibility index (Phi) is 12.3. The van der Waals surface area contributed by atoms with Crippen LogP contribution >= 0.6 is 0 Å². The summed E-state index contributed by atoms with van der Waals surface area (Å²) in [7, 11) is -0.219. The quantitative estimate of drug-likeness (QED) is 0.511. The van der Waals surface area contributed by atoms with Crippen molar-refractivity contribution in [2.45, 2.75) is 65.7 Å². The maximum absolute atomic E-state index is 2.58. The third-order valence-electron chi connectivity index (χ3n) is 3.57. The molecule has 0 saturated carbocycles. The summed E-state index contributed by atoms with van der Waals surface area (Å²) in [6, 6.07) is 1.30. The number of rotatable bonds is 6. The normalized spacial score (nSPS) is 14.2. The Hall–Kier alpha value is 0.852. The molecule has 1 nitrogen and oxygen atoms in total. The third-order valence-corrected chi connectivity index (χ3v) is 5.20. The van der Waals surface area contributed by atoms with Crippen molar-refractivity contribution in [2.75, 3.05) is 6.54 Å². The monoisotopic (exact) mass is 265 g/mol. The van der Waals surface area contributed by atoms with Crippen LogP contribution in [0.1, 0.15) is 42.0 Å². The molecule has 0 spiro atoms. The standard InChI is InChI=1S/C15H28NSi.2Li.H/c1-12(2)16(13(3)4)10-9-14-7-8-15(11-14)17(5)6;;;/h7,11-13H,8-10H2,1-6H3;;;/q-1;2*+1;-1. The van der Waals surface area contributed by atoms with E-state index in [1.54, 1.807) is 10.8 Å². The summed E-state index contributed by atoms with van der Waals surface area (Å²) in [6.45, 7) is 15.2. The van der Waals surface area contributed by atoms with E-state index in [0.29, 0.717) is 12.1 Å². The number of hydrogen-bond donors (Lipinski definition) is 0. The zero-order valence-corrected chi connectivity index (χ0v) is 15.4. The van der Waals surface area contributed by atoms with Crippen LogP contribution in [0.5, 0.6) is 0 Å². The van der Waals surface area contributed by atoms with Crippen molar-refractivity contribution in [3.63, 3.8) is 0 Å². The number of nitrogens with zero attached hydrogens (tertiary/aromatic N) is 1. The molecular weight excluding hydrogens is 236 g/mol.